The van der Waals surface area contributed by atoms with Crippen molar-refractivity contribution in [3.8, 4) is 0 Å². The van der Waals surface area contributed by atoms with E-state index in [9.17, 15) is 14.4 Å². The predicted molar refractivity (Wildman–Crippen MR) is 173 cm³/mol. The first kappa shape index (κ1) is 32.3. The maximum atomic E-state index is 13.8. The molecular weight excluding hydrogens is 558 g/mol. The number of aromatic carboxylic acids is 1. The lowest BCUT2D eigenvalue weighted by molar-refractivity contribution is -0.132. The van der Waals surface area contributed by atoms with Crippen molar-refractivity contribution < 1.29 is 19.5 Å². The summed E-state index contributed by atoms with van der Waals surface area (Å²) in [5.41, 5.74) is 3.19. The Morgan fingerprint density at radius 1 is 0.884 bits per heavy atom. The molecule has 1 aromatic heterocycles. The maximum absolute atomic E-state index is 13.8. The van der Waals surface area contributed by atoms with Gasteiger partial charge in [-0.05, 0) is 61.1 Å². The van der Waals surface area contributed by atoms with Gasteiger partial charge in [-0.25, -0.2) is 4.79 Å². The van der Waals surface area contributed by atoms with Crippen molar-refractivity contribution in [3.05, 3.63) is 95.8 Å². The topological polar surface area (TPSA) is 90.8 Å². The number of thioether (sulfide) groups is 1. The zero-order chi connectivity index (χ0) is 30.4. The number of unbranched alkanes of at least 4 members (excludes halogenated alkanes) is 5. The van der Waals surface area contributed by atoms with E-state index in [0.29, 0.717) is 13.1 Å². The Morgan fingerprint density at radius 2 is 1.60 bits per heavy atom. The van der Waals surface area contributed by atoms with E-state index < -0.39 is 11.2 Å². The van der Waals surface area contributed by atoms with Gasteiger partial charge in [0.15, 0.2) is 0 Å². The van der Waals surface area contributed by atoms with E-state index in [-0.39, 0.29) is 29.2 Å². The number of nitrogens with zero attached hydrogens (tertiary/aromatic N) is 3. The molecule has 2 unspecified atom stereocenters. The van der Waals surface area contributed by atoms with Crippen molar-refractivity contribution >= 4 is 35.2 Å². The Kier molecular flexibility index (Phi) is 12.6. The van der Waals surface area contributed by atoms with E-state index >= 15 is 0 Å². The van der Waals surface area contributed by atoms with E-state index in [1.54, 1.807) is 41.2 Å². The summed E-state index contributed by atoms with van der Waals surface area (Å²) in [6.45, 7) is 3.32. The Bertz CT molecular complexity index is 1300. The molecule has 1 fully saturated rings. The molecule has 3 aromatic rings. The summed E-state index contributed by atoms with van der Waals surface area (Å²) < 4.78 is 0. The SMILES string of the molecule is CCCCCCCC1SC(CC(=O)N(Cc2ccccc2)c2ccncc2)C(=O)N1CCCCc1ccc(C(=O)O)cc1. The van der Waals surface area contributed by atoms with Gasteiger partial charge in [0.25, 0.3) is 0 Å². The zero-order valence-electron chi connectivity index (χ0n) is 25.1. The molecule has 2 aromatic carbocycles. The lowest BCUT2D eigenvalue weighted by Gasteiger charge is -2.24. The standard InChI is InChI=1S/C35H43N3O4S/c1-2-3-4-5-9-15-33-37(24-11-10-12-27-16-18-29(19-17-27)35(41)42)34(40)31(43-33)25-32(39)38(30-20-22-36-23-21-30)26-28-13-7-6-8-14-28/h6-8,13-14,16-23,31,33H,2-5,9-12,15,24-26H2,1H3,(H,41,42). The molecule has 0 aliphatic carbocycles. The fourth-order valence-corrected chi connectivity index (χ4v) is 7.02. The minimum absolute atomic E-state index is 0.0609. The largest absolute Gasteiger partial charge is 0.478 e. The number of carboxylic acids is 1. The van der Waals surface area contributed by atoms with Crippen LogP contribution in [0.2, 0.25) is 0 Å². The molecule has 2 heterocycles. The minimum Gasteiger partial charge on any atom is -0.478 e. The highest BCUT2D eigenvalue weighted by Gasteiger charge is 2.41. The van der Waals surface area contributed by atoms with Crippen LogP contribution in [-0.4, -0.2) is 49.9 Å². The number of aromatic nitrogens is 1. The van der Waals surface area contributed by atoms with Gasteiger partial charge < -0.3 is 14.9 Å². The highest BCUT2D eigenvalue weighted by molar-refractivity contribution is 8.01. The number of hydrogen-bond acceptors (Lipinski definition) is 5. The van der Waals surface area contributed by atoms with Crippen LogP contribution in [-0.2, 0) is 22.6 Å². The minimum atomic E-state index is -0.922. The summed E-state index contributed by atoms with van der Waals surface area (Å²) >= 11 is 1.66. The third-order valence-electron chi connectivity index (χ3n) is 7.92. The van der Waals surface area contributed by atoms with Crippen LogP contribution in [0.15, 0.2) is 79.1 Å². The molecule has 8 heteroatoms. The molecule has 1 saturated heterocycles. The monoisotopic (exact) mass is 601 g/mol. The summed E-state index contributed by atoms with van der Waals surface area (Å²) in [6, 6.07) is 20.6. The molecule has 1 aliphatic heterocycles. The Labute approximate surface area is 259 Å². The second-order valence-corrected chi connectivity index (χ2v) is 12.5. The zero-order valence-corrected chi connectivity index (χ0v) is 25.9. The molecule has 7 nitrogen and oxygen atoms in total. The quantitative estimate of drug-likeness (QED) is 0.163. The summed E-state index contributed by atoms with van der Waals surface area (Å²) in [4.78, 5) is 46.5. The third-order valence-corrected chi connectivity index (χ3v) is 9.42. The highest BCUT2D eigenvalue weighted by atomic mass is 32.2. The number of carboxylic acid groups (broad SMARTS) is 1. The van der Waals surface area contributed by atoms with Gasteiger partial charge in [-0.2, -0.15) is 0 Å². The first-order chi connectivity index (χ1) is 21.0. The van der Waals surface area contributed by atoms with Crippen LogP contribution in [0.4, 0.5) is 5.69 Å². The number of amides is 2. The van der Waals surface area contributed by atoms with Gasteiger partial charge in [-0.15, -0.1) is 11.8 Å². The lowest BCUT2D eigenvalue weighted by Crippen LogP contribution is -2.38. The van der Waals surface area contributed by atoms with E-state index in [1.807, 2.05) is 59.5 Å². The van der Waals surface area contributed by atoms with Gasteiger partial charge in [0.05, 0.1) is 22.7 Å². The van der Waals surface area contributed by atoms with Crippen LogP contribution < -0.4 is 4.90 Å². The van der Waals surface area contributed by atoms with Gasteiger partial charge in [0.2, 0.25) is 11.8 Å². The average molecular weight is 602 g/mol. The number of carbonyl (C=O) groups is 3. The average Bonchev–Trinajstić information content (AvgIpc) is 3.32. The number of pyridine rings is 1. The number of rotatable bonds is 17. The van der Waals surface area contributed by atoms with Crippen LogP contribution in [0.25, 0.3) is 0 Å². The smallest absolute Gasteiger partial charge is 0.335 e. The molecule has 1 N–H and O–H groups in total. The van der Waals surface area contributed by atoms with E-state index in [2.05, 4.69) is 11.9 Å². The Balaban J connectivity index is 1.39. The lowest BCUT2D eigenvalue weighted by atomic mass is 10.1. The van der Waals surface area contributed by atoms with Crippen molar-refractivity contribution in [1.29, 1.82) is 0 Å². The Hall–Kier alpha value is -3.65. The van der Waals surface area contributed by atoms with Crippen molar-refractivity contribution in [3.63, 3.8) is 0 Å². The fraction of sp³-hybridized carbons (Fsp3) is 0.429. The molecule has 0 bridgehead atoms. The van der Waals surface area contributed by atoms with Crippen molar-refractivity contribution in [2.75, 3.05) is 11.4 Å². The van der Waals surface area contributed by atoms with Crippen LogP contribution in [0.3, 0.4) is 0 Å². The summed E-state index contributed by atoms with van der Waals surface area (Å²) in [5, 5.41) is 8.83. The molecule has 4 rings (SSSR count). The number of carbonyl (C=O) groups excluding carboxylic acids is 2. The molecule has 0 radical (unpaired) electrons. The van der Waals surface area contributed by atoms with E-state index in [4.69, 9.17) is 5.11 Å². The van der Waals surface area contributed by atoms with Crippen molar-refractivity contribution in [2.45, 2.75) is 88.3 Å². The van der Waals surface area contributed by atoms with Gasteiger partial charge >= 0.3 is 5.97 Å². The molecule has 228 valence electrons. The summed E-state index contributed by atoms with van der Waals surface area (Å²) in [5.74, 6) is -0.916. The molecule has 0 saturated carbocycles. The molecule has 43 heavy (non-hydrogen) atoms. The fourth-order valence-electron chi connectivity index (χ4n) is 5.49. The van der Waals surface area contributed by atoms with E-state index in [0.717, 1.165) is 55.3 Å². The molecule has 0 spiro atoms. The summed E-state index contributed by atoms with van der Waals surface area (Å²) in [7, 11) is 0. The normalized spacial score (nSPS) is 16.4. The Morgan fingerprint density at radius 3 is 2.30 bits per heavy atom. The summed E-state index contributed by atoms with van der Waals surface area (Å²) in [6.07, 6.45) is 13.0. The van der Waals surface area contributed by atoms with Crippen LogP contribution >= 0.6 is 11.8 Å². The van der Waals surface area contributed by atoms with Crippen molar-refractivity contribution in [2.24, 2.45) is 0 Å². The molecule has 1 aliphatic rings. The van der Waals surface area contributed by atoms with Gasteiger partial charge in [0, 0.05) is 31.0 Å². The van der Waals surface area contributed by atoms with E-state index in [1.165, 1.54) is 19.3 Å². The van der Waals surface area contributed by atoms with Crippen LogP contribution in [0.1, 0.15) is 86.2 Å². The number of benzene rings is 2. The van der Waals surface area contributed by atoms with Crippen LogP contribution in [0, 0.1) is 0 Å². The number of hydrogen-bond donors (Lipinski definition) is 1. The van der Waals surface area contributed by atoms with Gasteiger partial charge in [-0.1, -0.05) is 81.5 Å². The first-order valence-electron chi connectivity index (χ1n) is 15.5. The first-order valence-corrected chi connectivity index (χ1v) is 16.4. The second kappa shape index (κ2) is 16.8. The maximum Gasteiger partial charge on any atom is 0.335 e. The van der Waals surface area contributed by atoms with Gasteiger partial charge in [-0.3, -0.25) is 14.6 Å². The molecular formula is C35H43N3O4S. The highest BCUT2D eigenvalue weighted by Crippen LogP contribution is 2.37. The molecule has 2 amide bonds. The second-order valence-electron chi connectivity index (χ2n) is 11.1. The molecule has 2 atom stereocenters. The predicted octanol–water partition coefficient (Wildman–Crippen LogP) is 7.36. The number of anilines is 1. The van der Waals surface area contributed by atoms with Crippen LogP contribution in [0.5, 0.6) is 0 Å². The third kappa shape index (κ3) is 9.68. The number of aryl methyl sites for hydroxylation is 1. The van der Waals surface area contributed by atoms with Crippen molar-refractivity contribution in [1.82, 2.24) is 9.88 Å². The van der Waals surface area contributed by atoms with Gasteiger partial charge in [0.1, 0.15) is 0 Å².